The van der Waals surface area contributed by atoms with E-state index >= 15 is 0 Å². The Bertz CT molecular complexity index is 232. The molecule has 4 N–H and O–H groups in total. The quantitative estimate of drug-likeness (QED) is 0.609. The Hall–Kier alpha value is -0.260. The smallest absolute Gasteiger partial charge is 0.227 e. The predicted octanol–water partition coefficient (Wildman–Crippen LogP) is 0.982. The van der Waals surface area contributed by atoms with E-state index in [-0.39, 0.29) is 12.5 Å². The van der Waals surface area contributed by atoms with Gasteiger partial charge < -0.3 is 16.2 Å². The lowest BCUT2D eigenvalue weighted by Crippen LogP contribution is -2.50. The third kappa shape index (κ3) is 4.85. The zero-order chi connectivity index (χ0) is 13.5. The van der Waals surface area contributed by atoms with Gasteiger partial charge in [-0.15, -0.1) is 0 Å². The first kappa shape index (κ1) is 16.7. The van der Waals surface area contributed by atoms with Gasteiger partial charge in [-0.1, -0.05) is 13.8 Å². The Morgan fingerprint density at radius 1 is 1.41 bits per heavy atom. The summed E-state index contributed by atoms with van der Waals surface area (Å²) in [6.45, 7) is 6.28. The molecule has 0 heterocycles. The third-order valence-electron chi connectivity index (χ3n) is 3.31. The fourth-order valence-corrected chi connectivity index (χ4v) is 2.50. The highest BCUT2D eigenvalue weighted by atomic mass is 32.2. The van der Waals surface area contributed by atoms with Crippen LogP contribution in [-0.4, -0.2) is 41.7 Å². The number of thioether (sulfide) groups is 1. The molecule has 0 saturated heterocycles. The maximum absolute atomic E-state index is 12.1. The first-order valence-electron chi connectivity index (χ1n) is 6.07. The molecule has 0 aromatic rings. The molecule has 0 rings (SSSR count). The molecule has 0 aromatic heterocycles. The number of nitrogens with two attached hydrogens (primary N) is 1. The Morgan fingerprint density at radius 3 is 2.29 bits per heavy atom. The maximum atomic E-state index is 12.1. The fourth-order valence-electron chi connectivity index (χ4n) is 1.77. The van der Waals surface area contributed by atoms with E-state index in [1.54, 1.807) is 18.7 Å². The third-order valence-corrected chi connectivity index (χ3v) is 4.22. The zero-order valence-electron chi connectivity index (χ0n) is 11.4. The molecule has 4 nitrogen and oxygen atoms in total. The molecule has 0 spiro atoms. The summed E-state index contributed by atoms with van der Waals surface area (Å²) in [5.74, 6) is 0.549. The summed E-state index contributed by atoms with van der Waals surface area (Å²) >= 11 is 1.56. The van der Waals surface area contributed by atoms with Gasteiger partial charge in [-0.3, -0.25) is 4.79 Å². The minimum atomic E-state index is -0.864. The van der Waals surface area contributed by atoms with E-state index in [1.165, 1.54) is 0 Å². The summed E-state index contributed by atoms with van der Waals surface area (Å²) in [5.41, 5.74) is 4.35. The van der Waals surface area contributed by atoms with Crippen molar-refractivity contribution in [1.29, 1.82) is 0 Å². The number of aliphatic hydroxyl groups is 1. The van der Waals surface area contributed by atoms with Gasteiger partial charge in [-0.2, -0.15) is 11.8 Å². The highest BCUT2D eigenvalue weighted by Gasteiger charge is 2.34. The summed E-state index contributed by atoms with van der Waals surface area (Å²) in [4.78, 5) is 12.1. The number of carbonyl (C=O) groups excluding carboxylic acids is 1. The normalized spacial score (nSPS) is 15.4. The van der Waals surface area contributed by atoms with Crippen LogP contribution in [0.15, 0.2) is 0 Å². The molecule has 0 aliphatic rings. The van der Waals surface area contributed by atoms with Crippen molar-refractivity contribution in [1.82, 2.24) is 5.32 Å². The molecule has 5 heteroatoms. The first-order valence-corrected chi connectivity index (χ1v) is 7.46. The van der Waals surface area contributed by atoms with E-state index in [0.717, 1.165) is 12.8 Å². The van der Waals surface area contributed by atoms with Gasteiger partial charge in [0, 0.05) is 18.8 Å². The molecule has 1 unspecified atom stereocenters. The van der Waals surface area contributed by atoms with Crippen molar-refractivity contribution >= 4 is 17.7 Å². The van der Waals surface area contributed by atoms with E-state index < -0.39 is 11.0 Å². The molecule has 0 bridgehead atoms. The van der Waals surface area contributed by atoms with Crippen molar-refractivity contribution in [3.05, 3.63) is 0 Å². The van der Waals surface area contributed by atoms with Crippen molar-refractivity contribution in [3.63, 3.8) is 0 Å². The van der Waals surface area contributed by atoms with Crippen molar-refractivity contribution in [2.75, 3.05) is 25.1 Å². The van der Waals surface area contributed by atoms with Crippen molar-refractivity contribution < 1.29 is 9.90 Å². The lowest BCUT2D eigenvalue weighted by atomic mass is 9.81. The molecule has 1 atom stereocenters. The Kier molecular flexibility index (Phi) is 7.13. The second-order valence-corrected chi connectivity index (χ2v) is 5.67. The molecule has 0 saturated carbocycles. The predicted molar refractivity (Wildman–Crippen MR) is 74.1 cm³/mol. The molecular weight excluding hydrogens is 236 g/mol. The van der Waals surface area contributed by atoms with Crippen LogP contribution in [0.5, 0.6) is 0 Å². The summed E-state index contributed by atoms with van der Waals surface area (Å²) < 4.78 is 0. The molecule has 0 radical (unpaired) electrons. The van der Waals surface area contributed by atoms with Gasteiger partial charge in [0.1, 0.15) is 0 Å². The van der Waals surface area contributed by atoms with E-state index in [2.05, 4.69) is 5.32 Å². The highest BCUT2D eigenvalue weighted by molar-refractivity contribution is 7.98. The minimum Gasteiger partial charge on any atom is -0.387 e. The number of rotatable bonds is 8. The molecule has 0 aliphatic carbocycles. The Balaban J connectivity index is 4.43. The van der Waals surface area contributed by atoms with Crippen LogP contribution in [0, 0.1) is 5.41 Å². The van der Waals surface area contributed by atoms with Crippen molar-refractivity contribution in [3.8, 4) is 0 Å². The Labute approximate surface area is 109 Å². The van der Waals surface area contributed by atoms with Gasteiger partial charge in [0.15, 0.2) is 0 Å². The van der Waals surface area contributed by atoms with Gasteiger partial charge in [0.05, 0.1) is 11.0 Å². The average Bonchev–Trinajstić information content (AvgIpc) is 2.29. The zero-order valence-corrected chi connectivity index (χ0v) is 12.2. The number of carbonyl (C=O) groups is 1. The van der Waals surface area contributed by atoms with Gasteiger partial charge in [0.25, 0.3) is 0 Å². The van der Waals surface area contributed by atoms with Crippen LogP contribution in [-0.2, 0) is 4.79 Å². The van der Waals surface area contributed by atoms with Crippen LogP contribution in [0.25, 0.3) is 0 Å². The standard InChI is InChI=1S/C12H26N2O2S/c1-5-12(6-2,7-13)10(15)14-8-11(3,16)9-17-4/h16H,5-9,13H2,1-4H3,(H,14,15). The van der Waals surface area contributed by atoms with Crippen LogP contribution in [0.1, 0.15) is 33.6 Å². The van der Waals surface area contributed by atoms with Gasteiger partial charge >= 0.3 is 0 Å². The molecule has 0 fully saturated rings. The average molecular weight is 262 g/mol. The van der Waals surface area contributed by atoms with Crippen LogP contribution in [0.3, 0.4) is 0 Å². The Morgan fingerprint density at radius 2 is 1.94 bits per heavy atom. The van der Waals surface area contributed by atoms with Crippen molar-refractivity contribution in [2.24, 2.45) is 11.1 Å². The second kappa shape index (κ2) is 7.24. The van der Waals surface area contributed by atoms with Crippen LogP contribution in [0.4, 0.5) is 0 Å². The monoisotopic (exact) mass is 262 g/mol. The first-order chi connectivity index (χ1) is 7.87. The van der Waals surface area contributed by atoms with E-state index in [0.29, 0.717) is 12.3 Å². The van der Waals surface area contributed by atoms with Gasteiger partial charge in [0.2, 0.25) is 5.91 Å². The SMILES string of the molecule is CCC(CC)(CN)C(=O)NCC(C)(O)CSC. The summed E-state index contributed by atoms with van der Waals surface area (Å²) in [6.07, 6.45) is 3.37. The van der Waals surface area contributed by atoms with Crippen LogP contribution < -0.4 is 11.1 Å². The number of hydrogen-bond acceptors (Lipinski definition) is 4. The van der Waals surface area contributed by atoms with Crippen molar-refractivity contribution in [2.45, 2.75) is 39.2 Å². The molecular formula is C12H26N2O2S. The maximum Gasteiger partial charge on any atom is 0.227 e. The lowest BCUT2D eigenvalue weighted by Gasteiger charge is -2.31. The summed E-state index contributed by atoms with van der Waals surface area (Å²) in [6, 6.07) is 0. The van der Waals surface area contributed by atoms with Crippen LogP contribution >= 0.6 is 11.8 Å². The summed E-state index contributed by atoms with van der Waals surface area (Å²) in [5, 5.41) is 12.8. The topological polar surface area (TPSA) is 75.4 Å². The minimum absolute atomic E-state index is 0.0496. The van der Waals surface area contributed by atoms with Gasteiger partial charge in [-0.25, -0.2) is 0 Å². The molecule has 0 aromatic carbocycles. The van der Waals surface area contributed by atoms with E-state index in [4.69, 9.17) is 5.73 Å². The summed E-state index contributed by atoms with van der Waals surface area (Å²) in [7, 11) is 0. The molecule has 102 valence electrons. The van der Waals surface area contributed by atoms with E-state index in [9.17, 15) is 9.90 Å². The molecule has 0 aliphatic heterocycles. The van der Waals surface area contributed by atoms with E-state index in [1.807, 2.05) is 20.1 Å². The highest BCUT2D eigenvalue weighted by Crippen LogP contribution is 2.25. The fraction of sp³-hybridized carbons (Fsp3) is 0.917. The molecule has 1 amide bonds. The van der Waals surface area contributed by atoms with Crippen LogP contribution in [0.2, 0.25) is 0 Å². The number of hydrogen-bond donors (Lipinski definition) is 3. The van der Waals surface area contributed by atoms with Gasteiger partial charge in [-0.05, 0) is 26.0 Å². The lowest BCUT2D eigenvalue weighted by molar-refractivity contribution is -0.132. The number of amides is 1. The number of nitrogens with one attached hydrogen (secondary N) is 1. The second-order valence-electron chi connectivity index (χ2n) is 4.80. The largest absolute Gasteiger partial charge is 0.387 e. The molecule has 17 heavy (non-hydrogen) atoms.